The molecule has 0 unspecified atom stereocenters. The maximum atomic E-state index is 12.7. The van der Waals surface area contributed by atoms with Crippen molar-refractivity contribution in [3.63, 3.8) is 0 Å². The van der Waals surface area contributed by atoms with E-state index in [0.717, 1.165) is 39.2 Å². The van der Waals surface area contributed by atoms with Gasteiger partial charge in [-0.1, -0.05) is 0 Å². The summed E-state index contributed by atoms with van der Waals surface area (Å²) in [5, 5.41) is 1.86. The molecule has 4 rings (SSSR count). The smallest absolute Gasteiger partial charge is 0.273 e. The van der Waals surface area contributed by atoms with Crippen LogP contribution in [0.3, 0.4) is 0 Å². The van der Waals surface area contributed by atoms with Crippen molar-refractivity contribution in [3.8, 4) is 0 Å². The molecule has 4 heterocycles. The summed E-state index contributed by atoms with van der Waals surface area (Å²) in [5.74, 6) is 0.574. The number of nitrogens with zero attached hydrogens (tertiary/aromatic N) is 3. The van der Waals surface area contributed by atoms with E-state index in [1.807, 2.05) is 10.3 Å². The van der Waals surface area contributed by atoms with Gasteiger partial charge in [-0.2, -0.15) is 0 Å². The number of carbonyl (C=O) groups excluding carboxylic acids is 1. The molecule has 0 N–H and O–H groups in total. The van der Waals surface area contributed by atoms with Crippen molar-refractivity contribution in [1.82, 2.24) is 14.8 Å². The van der Waals surface area contributed by atoms with E-state index in [4.69, 9.17) is 4.74 Å². The van der Waals surface area contributed by atoms with Crippen LogP contribution in [0.15, 0.2) is 10.9 Å². The third-order valence-corrected chi connectivity index (χ3v) is 5.87. The van der Waals surface area contributed by atoms with Crippen molar-refractivity contribution in [3.05, 3.63) is 16.6 Å². The number of rotatable bonds is 2. The zero-order valence-corrected chi connectivity index (χ0v) is 13.6. The Hall–Kier alpha value is -0.980. The lowest BCUT2D eigenvalue weighted by Gasteiger charge is -2.48. The lowest BCUT2D eigenvalue weighted by Crippen LogP contribution is -2.61. The van der Waals surface area contributed by atoms with E-state index in [2.05, 4.69) is 9.88 Å². The standard InChI is InChI=1S/C16H23N3O2S/c20-16(13-10-22-11-17-13)19-8-12-4-3-7-21-15(12)14(9-19)18-5-1-2-6-18/h10-12,14-15H,1-9H2/t12-,14+,15-/m0/s1. The van der Waals surface area contributed by atoms with Crippen molar-refractivity contribution in [1.29, 1.82) is 0 Å². The summed E-state index contributed by atoms with van der Waals surface area (Å²) >= 11 is 1.49. The number of amides is 1. The number of carbonyl (C=O) groups is 1. The molecule has 3 aliphatic rings. The second-order valence-electron chi connectivity index (χ2n) is 6.63. The molecule has 1 amide bonds. The predicted molar refractivity (Wildman–Crippen MR) is 85.1 cm³/mol. The first-order valence-corrected chi connectivity index (χ1v) is 9.30. The third-order valence-electron chi connectivity index (χ3n) is 5.28. The van der Waals surface area contributed by atoms with Gasteiger partial charge >= 0.3 is 0 Å². The number of thiazole rings is 1. The van der Waals surface area contributed by atoms with Crippen LogP contribution in [-0.4, -0.2) is 65.6 Å². The average molecular weight is 321 g/mol. The van der Waals surface area contributed by atoms with Crippen LogP contribution in [0.1, 0.15) is 36.2 Å². The van der Waals surface area contributed by atoms with Gasteiger partial charge in [0.05, 0.1) is 17.7 Å². The summed E-state index contributed by atoms with van der Waals surface area (Å²) in [4.78, 5) is 21.5. The van der Waals surface area contributed by atoms with Crippen LogP contribution in [0.5, 0.6) is 0 Å². The van der Waals surface area contributed by atoms with Crippen molar-refractivity contribution >= 4 is 17.2 Å². The molecule has 3 aliphatic heterocycles. The SMILES string of the molecule is O=C(c1cscn1)N1C[C@@H]2CCCO[C@@H]2[C@H](N2CCCC2)C1. The minimum atomic E-state index is 0.0921. The summed E-state index contributed by atoms with van der Waals surface area (Å²) in [6.07, 6.45) is 5.15. The van der Waals surface area contributed by atoms with Crippen LogP contribution >= 0.6 is 11.3 Å². The third kappa shape index (κ3) is 2.68. The zero-order valence-electron chi connectivity index (χ0n) is 12.8. The molecule has 0 bridgehead atoms. The van der Waals surface area contributed by atoms with Crippen LogP contribution in [0.4, 0.5) is 0 Å². The maximum absolute atomic E-state index is 12.7. The number of piperidine rings is 1. The molecule has 1 aromatic heterocycles. The lowest BCUT2D eigenvalue weighted by atomic mass is 9.84. The van der Waals surface area contributed by atoms with Crippen molar-refractivity contribution in [2.24, 2.45) is 5.92 Å². The van der Waals surface area contributed by atoms with Gasteiger partial charge in [0.2, 0.25) is 0 Å². The first-order chi connectivity index (χ1) is 10.8. The first kappa shape index (κ1) is 14.6. The van der Waals surface area contributed by atoms with Gasteiger partial charge in [0.25, 0.3) is 5.91 Å². The Kier molecular flexibility index (Phi) is 4.15. The number of aromatic nitrogens is 1. The van der Waals surface area contributed by atoms with E-state index < -0.39 is 0 Å². The largest absolute Gasteiger partial charge is 0.376 e. The maximum Gasteiger partial charge on any atom is 0.273 e. The summed E-state index contributed by atoms with van der Waals surface area (Å²) in [6.45, 7) is 4.79. The van der Waals surface area contributed by atoms with E-state index in [-0.39, 0.29) is 5.91 Å². The van der Waals surface area contributed by atoms with Crippen LogP contribution in [0.2, 0.25) is 0 Å². The van der Waals surface area contributed by atoms with Gasteiger partial charge in [0.15, 0.2) is 0 Å². The fourth-order valence-electron chi connectivity index (χ4n) is 4.22. The Morgan fingerprint density at radius 2 is 2.14 bits per heavy atom. The minimum Gasteiger partial charge on any atom is -0.376 e. The van der Waals surface area contributed by atoms with Gasteiger partial charge in [-0.15, -0.1) is 11.3 Å². The van der Waals surface area contributed by atoms with Crippen molar-refractivity contribution < 1.29 is 9.53 Å². The highest BCUT2D eigenvalue weighted by atomic mass is 32.1. The molecule has 3 atom stereocenters. The number of fused-ring (bicyclic) bond motifs is 1. The molecule has 120 valence electrons. The lowest BCUT2D eigenvalue weighted by molar-refractivity contribution is -0.104. The Balaban J connectivity index is 1.55. The van der Waals surface area contributed by atoms with Gasteiger partial charge in [-0.25, -0.2) is 4.98 Å². The van der Waals surface area contributed by atoms with E-state index in [9.17, 15) is 4.79 Å². The summed E-state index contributed by atoms with van der Waals surface area (Å²) in [7, 11) is 0. The Morgan fingerprint density at radius 3 is 2.91 bits per heavy atom. The minimum absolute atomic E-state index is 0.0921. The molecule has 0 radical (unpaired) electrons. The number of likely N-dealkylation sites (tertiary alicyclic amines) is 2. The number of hydrogen-bond donors (Lipinski definition) is 0. The highest BCUT2D eigenvalue weighted by Crippen LogP contribution is 2.33. The normalized spacial score (nSPS) is 32.9. The van der Waals surface area contributed by atoms with E-state index in [1.165, 1.54) is 30.6 Å². The van der Waals surface area contributed by atoms with Crippen LogP contribution in [0.25, 0.3) is 0 Å². The summed E-state index contributed by atoms with van der Waals surface area (Å²) in [6, 6.07) is 0.365. The van der Waals surface area contributed by atoms with Gasteiger partial charge in [0.1, 0.15) is 5.69 Å². The molecular formula is C16H23N3O2S. The molecule has 5 nitrogen and oxygen atoms in total. The number of ether oxygens (including phenoxy) is 1. The second-order valence-corrected chi connectivity index (χ2v) is 7.35. The molecular weight excluding hydrogens is 298 g/mol. The van der Waals surface area contributed by atoms with E-state index in [1.54, 1.807) is 5.51 Å². The predicted octanol–water partition coefficient (Wildman–Crippen LogP) is 1.86. The Labute approximate surface area is 135 Å². The second kappa shape index (κ2) is 6.26. The monoisotopic (exact) mass is 321 g/mol. The number of hydrogen-bond acceptors (Lipinski definition) is 5. The molecule has 6 heteroatoms. The fraction of sp³-hybridized carbons (Fsp3) is 0.750. The summed E-state index contributed by atoms with van der Waals surface area (Å²) in [5.41, 5.74) is 2.34. The van der Waals surface area contributed by atoms with Gasteiger partial charge in [0, 0.05) is 31.0 Å². The quantitative estimate of drug-likeness (QED) is 0.834. The zero-order chi connectivity index (χ0) is 14.9. The molecule has 0 aromatic carbocycles. The van der Waals surface area contributed by atoms with Gasteiger partial charge in [-0.05, 0) is 38.8 Å². The van der Waals surface area contributed by atoms with Gasteiger partial charge in [-0.3, -0.25) is 9.69 Å². The van der Waals surface area contributed by atoms with Crippen LogP contribution in [0, 0.1) is 5.92 Å². The van der Waals surface area contributed by atoms with Crippen molar-refractivity contribution in [2.45, 2.75) is 37.8 Å². The molecule has 3 saturated heterocycles. The summed E-state index contributed by atoms with van der Waals surface area (Å²) < 4.78 is 6.13. The van der Waals surface area contributed by atoms with Crippen molar-refractivity contribution in [2.75, 3.05) is 32.8 Å². The van der Waals surface area contributed by atoms with Gasteiger partial charge < -0.3 is 9.64 Å². The molecule has 22 heavy (non-hydrogen) atoms. The van der Waals surface area contributed by atoms with E-state index >= 15 is 0 Å². The van der Waals surface area contributed by atoms with Crippen LogP contribution < -0.4 is 0 Å². The van der Waals surface area contributed by atoms with E-state index in [0.29, 0.717) is 23.8 Å². The highest BCUT2D eigenvalue weighted by molar-refractivity contribution is 7.07. The fourth-order valence-corrected chi connectivity index (χ4v) is 4.74. The van der Waals surface area contributed by atoms with Crippen LogP contribution in [-0.2, 0) is 4.74 Å². The Bertz CT molecular complexity index is 515. The molecule has 0 saturated carbocycles. The molecule has 0 aliphatic carbocycles. The average Bonchev–Trinajstić information content (AvgIpc) is 3.26. The Morgan fingerprint density at radius 1 is 1.27 bits per heavy atom. The molecule has 3 fully saturated rings. The topological polar surface area (TPSA) is 45.7 Å². The first-order valence-electron chi connectivity index (χ1n) is 8.36. The highest BCUT2D eigenvalue weighted by Gasteiger charge is 2.43. The molecule has 0 spiro atoms. The molecule has 1 aromatic rings.